The summed E-state index contributed by atoms with van der Waals surface area (Å²) in [5, 5.41) is 10.7. The Morgan fingerprint density at radius 3 is 3.05 bits per heavy atom. The molecule has 1 heterocycles. The summed E-state index contributed by atoms with van der Waals surface area (Å²) >= 11 is 3.48. The van der Waals surface area contributed by atoms with Crippen LogP contribution in [-0.2, 0) is 6.42 Å². The predicted molar refractivity (Wildman–Crippen MR) is 79.1 cm³/mol. The highest BCUT2D eigenvalue weighted by molar-refractivity contribution is 9.10. The van der Waals surface area contributed by atoms with Gasteiger partial charge in [0, 0.05) is 22.3 Å². The molecule has 0 aliphatic heterocycles. The number of benzene rings is 1. The Morgan fingerprint density at radius 2 is 2.21 bits per heavy atom. The lowest BCUT2D eigenvalue weighted by Crippen LogP contribution is -2.10. The highest BCUT2D eigenvalue weighted by Crippen LogP contribution is 2.41. The van der Waals surface area contributed by atoms with Crippen LogP contribution in [0, 0.1) is 6.92 Å². The first-order valence-electron chi connectivity index (χ1n) is 6.54. The van der Waals surface area contributed by atoms with Gasteiger partial charge in [0.15, 0.2) is 0 Å². The van der Waals surface area contributed by atoms with E-state index in [1.165, 1.54) is 5.56 Å². The van der Waals surface area contributed by atoms with Crippen molar-refractivity contribution in [3.05, 3.63) is 63.4 Å². The van der Waals surface area contributed by atoms with Gasteiger partial charge in [-0.05, 0) is 54.7 Å². The van der Waals surface area contributed by atoms with Gasteiger partial charge in [-0.3, -0.25) is 4.98 Å². The van der Waals surface area contributed by atoms with Gasteiger partial charge in [-0.15, -0.1) is 0 Å². The molecular weight excluding hydrogens is 302 g/mol. The van der Waals surface area contributed by atoms with E-state index in [1.807, 2.05) is 37.4 Å². The lowest BCUT2D eigenvalue weighted by Gasteiger charge is -2.21. The highest BCUT2D eigenvalue weighted by Gasteiger charge is 2.31. The Kier molecular flexibility index (Phi) is 3.42. The van der Waals surface area contributed by atoms with Gasteiger partial charge < -0.3 is 5.11 Å². The minimum atomic E-state index is -0.478. The molecule has 98 valence electrons. The average Bonchev–Trinajstić information content (AvgIpc) is 2.84. The number of hydrogen-bond donors (Lipinski definition) is 1. The molecule has 19 heavy (non-hydrogen) atoms. The molecule has 1 aromatic carbocycles. The molecule has 1 aromatic heterocycles. The van der Waals surface area contributed by atoms with E-state index in [4.69, 9.17) is 0 Å². The number of halogens is 1. The summed E-state index contributed by atoms with van der Waals surface area (Å²) in [7, 11) is 0. The van der Waals surface area contributed by atoms with E-state index in [0.29, 0.717) is 0 Å². The van der Waals surface area contributed by atoms with Gasteiger partial charge in [-0.1, -0.05) is 28.1 Å². The normalized spacial score (nSPS) is 19.2. The SMILES string of the molecule is Cc1ccc(Br)cc1C(O)C1CCc2cccnc21. The van der Waals surface area contributed by atoms with E-state index in [-0.39, 0.29) is 5.92 Å². The number of rotatable bonds is 2. The molecule has 0 bridgehead atoms. The largest absolute Gasteiger partial charge is 0.388 e. The van der Waals surface area contributed by atoms with Gasteiger partial charge in [0.05, 0.1) is 6.10 Å². The van der Waals surface area contributed by atoms with Gasteiger partial charge in [0.2, 0.25) is 0 Å². The maximum atomic E-state index is 10.7. The molecule has 0 radical (unpaired) electrons. The van der Waals surface area contributed by atoms with Crippen molar-refractivity contribution in [3.8, 4) is 0 Å². The lowest BCUT2D eigenvalue weighted by atomic mass is 9.91. The second-order valence-corrected chi connectivity index (χ2v) is 6.05. The molecule has 0 amide bonds. The van der Waals surface area contributed by atoms with Crippen LogP contribution in [0.1, 0.15) is 40.8 Å². The molecule has 1 N–H and O–H groups in total. The minimum Gasteiger partial charge on any atom is -0.388 e. The highest BCUT2D eigenvalue weighted by atomic mass is 79.9. The molecule has 1 aliphatic rings. The number of pyridine rings is 1. The molecule has 3 heteroatoms. The van der Waals surface area contributed by atoms with Gasteiger partial charge in [-0.2, -0.15) is 0 Å². The number of hydrogen-bond acceptors (Lipinski definition) is 2. The predicted octanol–water partition coefficient (Wildman–Crippen LogP) is 3.92. The summed E-state index contributed by atoms with van der Waals surface area (Å²) in [6.07, 6.45) is 3.32. The Balaban J connectivity index is 1.97. The third-order valence-electron chi connectivity index (χ3n) is 3.94. The van der Waals surface area contributed by atoms with Crippen molar-refractivity contribution < 1.29 is 5.11 Å². The fourth-order valence-corrected chi connectivity index (χ4v) is 3.28. The molecule has 2 nitrogen and oxygen atoms in total. The quantitative estimate of drug-likeness (QED) is 0.910. The molecule has 1 aliphatic carbocycles. The van der Waals surface area contributed by atoms with E-state index >= 15 is 0 Å². The van der Waals surface area contributed by atoms with E-state index in [0.717, 1.165) is 34.1 Å². The number of aliphatic hydroxyl groups is 1. The second kappa shape index (κ2) is 5.06. The van der Waals surface area contributed by atoms with Gasteiger partial charge in [0.25, 0.3) is 0 Å². The van der Waals surface area contributed by atoms with Crippen LogP contribution in [0.15, 0.2) is 41.0 Å². The average molecular weight is 318 g/mol. The summed E-state index contributed by atoms with van der Waals surface area (Å²) in [6, 6.07) is 10.1. The molecule has 2 atom stereocenters. The Morgan fingerprint density at radius 1 is 1.37 bits per heavy atom. The first-order valence-corrected chi connectivity index (χ1v) is 7.34. The molecule has 0 saturated carbocycles. The van der Waals surface area contributed by atoms with E-state index in [2.05, 4.69) is 27.0 Å². The van der Waals surface area contributed by atoms with Crippen LogP contribution in [-0.4, -0.2) is 10.1 Å². The first-order chi connectivity index (χ1) is 9.16. The molecule has 2 unspecified atom stereocenters. The number of fused-ring (bicyclic) bond motifs is 1. The van der Waals surface area contributed by atoms with Crippen LogP contribution in [0.3, 0.4) is 0 Å². The van der Waals surface area contributed by atoms with Crippen molar-refractivity contribution in [3.63, 3.8) is 0 Å². The van der Waals surface area contributed by atoms with Crippen LogP contribution in [0.5, 0.6) is 0 Å². The zero-order chi connectivity index (χ0) is 13.4. The first kappa shape index (κ1) is 12.8. The Hall–Kier alpha value is -1.19. The van der Waals surface area contributed by atoms with Crippen LogP contribution < -0.4 is 0 Å². The molecule has 0 spiro atoms. The lowest BCUT2D eigenvalue weighted by molar-refractivity contribution is 0.142. The summed E-state index contributed by atoms with van der Waals surface area (Å²) in [4.78, 5) is 4.47. The molecule has 2 aromatic rings. The molecule has 0 fully saturated rings. The fourth-order valence-electron chi connectivity index (χ4n) is 2.90. The molecule has 3 rings (SSSR count). The standard InChI is InChI=1S/C16H16BrNO/c1-10-4-6-12(17)9-14(10)16(19)13-7-5-11-3-2-8-18-15(11)13/h2-4,6,8-9,13,16,19H,5,7H2,1H3. The van der Waals surface area contributed by atoms with Gasteiger partial charge >= 0.3 is 0 Å². The third-order valence-corrected chi connectivity index (χ3v) is 4.44. The Bertz CT molecular complexity index is 611. The van der Waals surface area contributed by atoms with E-state index in [1.54, 1.807) is 0 Å². The van der Waals surface area contributed by atoms with E-state index in [9.17, 15) is 5.11 Å². The van der Waals surface area contributed by atoms with Crippen LogP contribution in [0.25, 0.3) is 0 Å². The number of aromatic nitrogens is 1. The summed E-state index contributed by atoms with van der Waals surface area (Å²) in [5.74, 6) is 0.115. The molecular formula is C16H16BrNO. The van der Waals surface area contributed by atoms with Crippen molar-refractivity contribution in [2.45, 2.75) is 31.8 Å². The molecule has 0 saturated heterocycles. The summed E-state index contributed by atoms with van der Waals surface area (Å²) in [6.45, 7) is 2.04. The monoisotopic (exact) mass is 317 g/mol. The maximum Gasteiger partial charge on any atom is 0.0876 e. The summed E-state index contributed by atoms with van der Waals surface area (Å²) < 4.78 is 1.01. The summed E-state index contributed by atoms with van der Waals surface area (Å²) in [5.41, 5.74) is 4.46. The van der Waals surface area contributed by atoms with Crippen molar-refractivity contribution in [1.29, 1.82) is 0 Å². The number of aliphatic hydroxyl groups excluding tert-OH is 1. The van der Waals surface area contributed by atoms with Gasteiger partial charge in [0.1, 0.15) is 0 Å². The zero-order valence-electron chi connectivity index (χ0n) is 10.8. The zero-order valence-corrected chi connectivity index (χ0v) is 12.4. The fraction of sp³-hybridized carbons (Fsp3) is 0.312. The van der Waals surface area contributed by atoms with Crippen LogP contribution >= 0.6 is 15.9 Å². The van der Waals surface area contributed by atoms with Crippen molar-refractivity contribution in [2.24, 2.45) is 0 Å². The number of nitrogens with zero attached hydrogens (tertiary/aromatic N) is 1. The van der Waals surface area contributed by atoms with Gasteiger partial charge in [-0.25, -0.2) is 0 Å². The van der Waals surface area contributed by atoms with E-state index < -0.39 is 6.10 Å². The number of aryl methyl sites for hydroxylation is 2. The third kappa shape index (κ3) is 2.33. The van der Waals surface area contributed by atoms with Crippen molar-refractivity contribution >= 4 is 15.9 Å². The van der Waals surface area contributed by atoms with Crippen molar-refractivity contribution in [2.75, 3.05) is 0 Å². The van der Waals surface area contributed by atoms with Crippen LogP contribution in [0.2, 0.25) is 0 Å². The minimum absolute atomic E-state index is 0.115. The van der Waals surface area contributed by atoms with Crippen molar-refractivity contribution in [1.82, 2.24) is 4.98 Å². The van der Waals surface area contributed by atoms with Crippen LogP contribution in [0.4, 0.5) is 0 Å². The smallest absolute Gasteiger partial charge is 0.0876 e. The maximum absolute atomic E-state index is 10.7. The topological polar surface area (TPSA) is 33.1 Å². The Labute approximate surface area is 121 Å². The second-order valence-electron chi connectivity index (χ2n) is 5.14.